The molecule has 2 aromatic heterocycles. The number of aromatic nitrogens is 2. The summed E-state index contributed by atoms with van der Waals surface area (Å²) in [6.07, 6.45) is 3.70. The van der Waals surface area contributed by atoms with Gasteiger partial charge in [0.15, 0.2) is 6.29 Å². The molecule has 2 rings (SSSR count). The fourth-order valence-electron chi connectivity index (χ4n) is 1.77. The van der Waals surface area contributed by atoms with Crippen molar-refractivity contribution < 1.29 is 4.79 Å². The van der Waals surface area contributed by atoms with Crippen LogP contribution in [0.4, 0.5) is 0 Å². The third-order valence-corrected chi connectivity index (χ3v) is 2.39. The molecule has 0 saturated carbocycles. The zero-order valence-corrected chi connectivity index (χ0v) is 8.32. The second-order valence-corrected chi connectivity index (χ2v) is 3.27. The molecule has 3 nitrogen and oxygen atoms in total. The van der Waals surface area contributed by atoms with Gasteiger partial charge in [-0.05, 0) is 19.1 Å². The Balaban J connectivity index is 2.87. The molecule has 0 bridgehead atoms. The minimum absolute atomic E-state index is 0.706. The average Bonchev–Trinajstić information content (AvgIpc) is 2.55. The summed E-state index contributed by atoms with van der Waals surface area (Å²) < 4.78 is 1.99. The maximum absolute atomic E-state index is 10.8. The lowest BCUT2D eigenvalue weighted by atomic mass is 10.2. The van der Waals surface area contributed by atoms with Crippen LogP contribution in [0.15, 0.2) is 18.3 Å². The molecule has 0 fully saturated rings. The highest BCUT2D eigenvalue weighted by Crippen LogP contribution is 2.16. The van der Waals surface area contributed by atoms with Crippen LogP contribution in [0, 0.1) is 6.92 Å². The quantitative estimate of drug-likeness (QED) is 0.676. The van der Waals surface area contributed by atoms with Gasteiger partial charge < -0.3 is 4.40 Å². The predicted molar refractivity (Wildman–Crippen MR) is 54.7 cm³/mol. The van der Waals surface area contributed by atoms with E-state index in [1.165, 1.54) is 0 Å². The molecule has 0 aliphatic carbocycles. The number of carbonyl (C=O) groups excluding carboxylic acids is 1. The third kappa shape index (κ3) is 1.13. The highest BCUT2D eigenvalue weighted by atomic mass is 16.1. The van der Waals surface area contributed by atoms with Gasteiger partial charge in [-0.2, -0.15) is 0 Å². The van der Waals surface area contributed by atoms with Crippen molar-refractivity contribution in [3.05, 3.63) is 35.4 Å². The summed E-state index contributed by atoms with van der Waals surface area (Å²) >= 11 is 0. The van der Waals surface area contributed by atoms with Crippen LogP contribution in [0.25, 0.3) is 5.52 Å². The normalized spacial score (nSPS) is 10.7. The molecule has 72 valence electrons. The van der Waals surface area contributed by atoms with Crippen LogP contribution >= 0.6 is 0 Å². The largest absolute Gasteiger partial charge is 0.303 e. The summed E-state index contributed by atoms with van der Waals surface area (Å²) in [5.74, 6) is 1.00. The molecule has 3 heteroatoms. The molecule has 14 heavy (non-hydrogen) atoms. The van der Waals surface area contributed by atoms with E-state index in [2.05, 4.69) is 11.9 Å². The summed E-state index contributed by atoms with van der Waals surface area (Å²) in [7, 11) is 0. The maximum atomic E-state index is 10.8. The molecule has 0 radical (unpaired) electrons. The van der Waals surface area contributed by atoms with Crippen molar-refractivity contribution in [2.75, 3.05) is 0 Å². The number of carbonyl (C=O) groups is 1. The van der Waals surface area contributed by atoms with Gasteiger partial charge in [0.2, 0.25) is 0 Å². The van der Waals surface area contributed by atoms with Gasteiger partial charge in [0, 0.05) is 18.2 Å². The molecule has 0 aliphatic heterocycles. The average molecular weight is 188 g/mol. The van der Waals surface area contributed by atoms with Crippen LogP contribution in [0.3, 0.4) is 0 Å². The van der Waals surface area contributed by atoms with Gasteiger partial charge in [0.05, 0.1) is 11.2 Å². The monoisotopic (exact) mass is 188 g/mol. The van der Waals surface area contributed by atoms with Crippen molar-refractivity contribution >= 4 is 11.8 Å². The molecule has 2 heterocycles. The second kappa shape index (κ2) is 3.25. The molecule has 2 aromatic rings. The molecular formula is C11H12N2O. The summed E-state index contributed by atoms with van der Waals surface area (Å²) in [5.41, 5.74) is 2.56. The van der Waals surface area contributed by atoms with Crippen LogP contribution < -0.4 is 0 Å². The number of nitrogens with zero attached hydrogens (tertiary/aromatic N) is 2. The summed E-state index contributed by atoms with van der Waals surface area (Å²) in [6, 6.07) is 3.69. The number of aryl methyl sites for hydroxylation is 2. The van der Waals surface area contributed by atoms with Gasteiger partial charge in [0.25, 0.3) is 0 Å². The fraction of sp³-hybridized carbons (Fsp3) is 0.273. The molecule has 0 unspecified atom stereocenters. The molecule has 0 saturated heterocycles. The molecule has 0 aliphatic rings. The molecular weight excluding hydrogens is 176 g/mol. The Kier molecular flexibility index (Phi) is 2.08. The van der Waals surface area contributed by atoms with E-state index >= 15 is 0 Å². The van der Waals surface area contributed by atoms with Gasteiger partial charge in [-0.25, -0.2) is 4.98 Å². The SMILES string of the molecule is CCc1nc(C)c2c(C=O)cccn12. The lowest BCUT2D eigenvalue weighted by Gasteiger charge is -1.99. The van der Waals surface area contributed by atoms with Crippen molar-refractivity contribution in [3.8, 4) is 0 Å². The van der Waals surface area contributed by atoms with E-state index < -0.39 is 0 Å². The summed E-state index contributed by atoms with van der Waals surface area (Å²) in [6.45, 7) is 3.99. The smallest absolute Gasteiger partial charge is 0.152 e. The first-order valence-electron chi connectivity index (χ1n) is 4.69. The number of pyridine rings is 1. The predicted octanol–water partition coefficient (Wildman–Crippen LogP) is 2.02. The first-order chi connectivity index (χ1) is 6.77. The zero-order valence-electron chi connectivity index (χ0n) is 8.32. The van der Waals surface area contributed by atoms with E-state index in [9.17, 15) is 4.79 Å². The van der Waals surface area contributed by atoms with Crippen LogP contribution in [-0.2, 0) is 6.42 Å². The van der Waals surface area contributed by atoms with E-state index in [1.807, 2.05) is 29.7 Å². The fourth-order valence-corrected chi connectivity index (χ4v) is 1.77. The number of hydrogen-bond donors (Lipinski definition) is 0. The number of rotatable bonds is 2. The lowest BCUT2D eigenvalue weighted by Crippen LogP contribution is -1.93. The first kappa shape index (κ1) is 8.94. The zero-order chi connectivity index (χ0) is 10.1. The highest BCUT2D eigenvalue weighted by Gasteiger charge is 2.08. The molecule has 0 N–H and O–H groups in total. The van der Waals surface area contributed by atoms with Gasteiger partial charge in [-0.3, -0.25) is 4.79 Å². The Morgan fingerprint density at radius 1 is 1.57 bits per heavy atom. The standard InChI is InChI=1S/C11H12N2O/c1-3-10-12-8(2)11-9(7-14)5-4-6-13(10)11/h4-7H,3H2,1-2H3. The summed E-state index contributed by atoms with van der Waals surface area (Å²) in [4.78, 5) is 15.3. The first-order valence-corrected chi connectivity index (χ1v) is 4.69. The number of fused-ring (bicyclic) bond motifs is 1. The maximum Gasteiger partial charge on any atom is 0.152 e. The van der Waals surface area contributed by atoms with E-state index in [0.717, 1.165) is 29.7 Å². The second-order valence-electron chi connectivity index (χ2n) is 3.27. The molecule has 0 aromatic carbocycles. The van der Waals surface area contributed by atoms with Crippen molar-refractivity contribution in [1.82, 2.24) is 9.38 Å². The Morgan fingerprint density at radius 2 is 2.36 bits per heavy atom. The van der Waals surface area contributed by atoms with Gasteiger partial charge >= 0.3 is 0 Å². The van der Waals surface area contributed by atoms with Crippen LogP contribution in [0.5, 0.6) is 0 Å². The van der Waals surface area contributed by atoms with Crippen molar-refractivity contribution in [2.45, 2.75) is 20.3 Å². The van der Waals surface area contributed by atoms with Crippen LogP contribution in [-0.4, -0.2) is 15.7 Å². The van der Waals surface area contributed by atoms with Crippen molar-refractivity contribution in [3.63, 3.8) is 0 Å². The number of imidazole rings is 1. The Morgan fingerprint density at radius 3 is 3.00 bits per heavy atom. The minimum atomic E-state index is 0.706. The Hall–Kier alpha value is -1.64. The van der Waals surface area contributed by atoms with Crippen LogP contribution in [0.2, 0.25) is 0 Å². The molecule has 0 atom stereocenters. The van der Waals surface area contributed by atoms with Crippen molar-refractivity contribution in [1.29, 1.82) is 0 Å². The van der Waals surface area contributed by atoms with Crippen molar-refractivity contribution in [2.24, 2.45) is 0 Å². The summed E-state index contributed by atoms with van der Waals surface area (Å²) in [5, 5.41) is 0. The van der Waals surface area contributed by atoms with Gasteiger partial charge in [0.1, 0.15) is 5.82 Å². The topological polar surface area (TPSA) is 34.4 Å². The molecule has 0 amide bonds. The van der Waals surface area contributed by atoms with E-state index in [1.54, 1.807) is 0 Å². The number of aldehydes is 1. The number of hydrogen-bond acceptors (Lipinski definition) is 2. The van der Waals surface area contributed by atoms with Gasteiger partial charge in [-0.15, -0.1) is 0 Å². The van der Waals surface area contributed by atoms with E-state index in [0.29, 0.717) is 5.56 Å². The Labute approximate surface area is 82.4 Å². The van der Waals surface area contributed by atoms with E-state index in [4.69, 9.17) is 0 Å². The minimum Gasteiger partial charge on any atom is -0.303 e. The highest BCUT2D eigenvalue weighted by molar-refractivity contribution is 5.87. The molecule has 0 spiro atoms. The van der Waals surface area contributed by atoms with E-state index in [-0.39, 0.29) is 0 Å². The Bertz CT molecular complexity index is 485. The third-order valence-electron chi connectivity index (χ3n) is 2.39. The lowest BCUT2D eigenvalue weighted by molar-refractivity contribution is 0.112. The van der Waals surface area contributed by atoms with Crippen LogP contribution in [0.1, 0.15) is 28.8 Å². The van der Waals surface area contributed by atoms with Gasteiger partial charge in [-0.1, -0.05) is 6.92 Å².